The molecule has 0 aliphatic carbocycles. The Morgan fingerprint density at radius 2 is 1.94 bits per heavy atom. The van der Waals surface area contributed by atoms with Crippen molar-refractivity contribution >= 4 is 11.6 Å². The summed E-state index contributed by atoms with van der Waals surface area (Å²) < 4.78 is 0. The van der Waals surface area contributed by atoms with Crippen molar-refractivity contribution in [2.24, 2.45) is 0 Å². The van der Waals surface area contributed by atoms with E-state index in [0.29, 0.717) is 16.3 Å². The molecule has 0 spiro atoms. The molecule has 3 nitrogen and oxygen atoms in total. The number of hydrogen-bond donors (Lipinski definition) is 1. The molecule has 0 aliphatic heterocycles. The van der Waals surface area contributed by atoms with Crippen molar-refractivity contribution in [3.05, 3.63) is 47.2 Å². The van der Waals surface area contributed by atoms with E-state index in [0.717, 1.165) is 5.56 Å². The lowest BCUT2D eigenvalue weighted by Crippen LogP contribution is -1.83. The molecule has 78 valence electrons. The molecule has 0 atom stereocenters. The van der Waals surface area contributed by atoms with Crippen molar-refractivity contribution in [1.29, 1.82) is 5.26 Å². The van der Waals surface area contributed by atoms with E-state index in [1.165, 1.54) is 12.3 Å². The van der Waals surface area contributed by atoms with Crippen LogP contribution in [0.15, 0.2) is 36.5 Å². The number of nitrogens with zero attached hydrogens (tertiary/aromatic N) is 2. The molecule has 1 heterocycles. The van der Waals surface area contributed by atoms with Crippen molar-refractivity contribution in [1.82, 2.24) is 4.98 Å². The van der Waals surface area contributed by atoms with Gasteiger partial charge < -0.3 is 5.11 Å². The molecule has 0 bridgehead atoms. The number of benzene rings is 1. The molecule has 1 aromatic carbocycles. The van der Waals surface area contributed by atoms with E-state index in [1.807, 2.05) is 6.07 Å². The second-order valence-corrected chi connectivity index (χ2v) is 3.58. The molecule has 0 unspecified atom stereocenters. The highest BCUT2D eigenvalue weighted by Gasteiger charge is 2.05. The van der Waals surface area contributed by atoms with Gasteiger partial charge in [-0.05, 0) is 23.8 Å². The van der Waals surface area contributed by atoms with Gasteiger partial charge in [0.15, 0.2) is 0 Å². The number of aromatic hydroxyl groups is 1. The molecular formula is C12H7ClN2O. The average molecular weight is 231 g/mol. The Hall–Kier alpha value is -2.05. The van der Waals surface area contributed by atoms with E-state index in [4.69, 9.17) is 16.9 Å². The fourth-order valence-electron chi connectivity index (χ4n) is 1.36. The fourth-order valence-corrected chi connectivity index (χ4v) is 1.58. The van der Waals surface area contributed by atoms with Gasteiger partial charge in [0.25, 0.3) is 0 Å². The molecule has 1 N–H and O–H groups in total. The predicted octanol–water partition coefficient (Wildman–Crippen LogP) is 2.98. The largest absolute Gasteiger partial charge is 0.506 e. The Morgan fingerprint density at radius 1 is 1.25 bits per heavy atom. The van der Waals surface area contributed by atoms with Crippen LogP contribution in [0.4, 0.5) is 0 Å². The molecule has 0 saturated carbocycles. The highest BCUT2D eigenvalue weighted by atomic mass is 35.5. The highest BCUT2D eigenvalue weighted by Crippen LogP contribution is 2.28. The maximum atomic E-state index is 9.33. The number of pyridine rings is 1. The van der Waals surface area contributed by atoms with E-state index >= 15 is 0 Å². The van der Waals surface area contributed by atoms with Gasteiger partial charge in [-0.2, -0.15) is 5.26 Å². The number of rotatable bonds is 1. The summed E-state index contributed by atoms with van der Waals surface area (Å²) in [4.78, 5) is 3.85. The Morgan fingerprint density at radius 3 is 2.56 bits per heavy atom. The van der Waals surface area contributed by atoms with Crippen LogP contribution < -0.4 is 0 Å². The molecular weight excluding hydrogens is 224 g/mol. The summed E-state index contributed by atoms with van der Waals surface area (Å²) >= 11 is 5.92. The zero-order valence-electron chi connectivity index (χ0n) is 8.18. The van der Waals surface area contributed by atoms with Crippen LogP contribution in [0.2, 0.25) is 5.15 Å². The lowest BCUT2D eigenvalue weighted by atomic mass is 10.1. The first-order valence-electron chi connectivity index (χ1n) is 4.56. The number of halogens is 1. The minimum Gasteiger partial charge on any atom is -0.506 e. The van der Waals surface area contributed by atoms with Gasteiger partial charge in [0.1, 0.15) is 10.9 Å². The van der Waals surface area contributed by atoms with Crippen molar-refractivity contribution in [2.75, 3.05) is 0 Å². The van der Waals surface area contributed by atoms with Gasteiger partial charge in [-0.25, -0.2) is 4.98 Å². The van der Waals surface area contributed by atoms with E-state index < -0.39 is 0 Å². The topological polar surface area (TPSA) is 56.9 Å². The molecule has 2 rings (SSSR count). The molecule has 0 amide bonds. The average Bonchev–Trinajstić information content (AvgIpc) is 2.32. The van der Waals surface area contributed by atoms with E-state index in [9.17, 15) is 5.11 Å². The van der Waals surface area contributed by atoms with Gasteiger partial charge in [-0.15, -0.1) is 0 Å². The molecule has 1 aromatic heterocycles. The summed E-state index contributed by atoms with van der Waals surface area (Å²) in [6, 6.07) is 10.5. The van der Waals surface area contributed by atoms with Gasteiger partial charge >= 0.3 is 0 Å². The first-order valence-corrected chi connectivity index (χ1v) is 4.93. The summed E-state index contributed by atoms with van der Waals surface area (Å²) in [6.45, 7) is 0. The van der Waals surface area contributed by atoms with Crippen molar-refractivity contribution in [3.63, 3.8) is 0 Å². The van der Waals surface area contributed by atoms with E-state index in [2.05, 4.69) is 4.98 Å². The maximum absolute atomic E-state index is 9.33. The lowest BCUT2D eigenvalue weighted by Gasteiger charge is -2.04. The molecule has 0 fully saturated rings. The van der Waals surface area contributed by atoms with Crippen LogP contribution in [-0.2, 0) is 0 Å². The minimum atomic E-state index is 0.0590. The molecule has 0 saturated heterocycles. The number of aromatic nitrogens is 1. The normalized spacial score (nSPS) is 9.75. The zero-order valence-corrected chi connectivity index (χ0v) is 8.94. The highest BCUT2D eigenvalue weighted by molar-refractivity contribution is 6.32. The standard InChI is InChI=1S/C12H7ClN2O/c13-12-11(5-10(16)7-15-12)9-3-1-8(6-14)2-4-9/h1-5,7,16H. The molecule has 0 aliphatic rings. The summed E-state index contributed by atoms with van der Waals surface area (Å²) in [7, 11) is 0. The Kier molecular flexibility index (Phi) is 2.76. The Bertz CT molecular complexity index is 558. The lowest BCUT2D eigenvalue weighted by molar-refractivity contribution is 0.473. The van der Waals surface area contributed by atoms with Crippen molar-refractivity contribution in [2.45, 2.75) is 0 Å². The fraction of sp³-hybridized carbons (Fsp3) is 0. The smallest absolute Gasteiger partial charge is 0.137 e. The first-order chi connectivity index (χ1) is 7.70. The zero-order chi connectivity index (χ0) is 11.5. The summed E-state index contributed by atoms with van der Waals surface area (Å²) in [5.41, 5.74) is 2.03. The maximum Gasteiger partial charge on any atom is 0.137 e. The van der Waals surface area contributed by atoms with Crippen molar-refractivity contribution < 1.29 is 5.11 Å². The van der Waals surface area contributed by atoms with Gasteiger partial charge in [-0.3, -0.25) is 0 Å². The monoisotopic (exact) mass is 230 g/mol. The number of hydrogen-bond acceptors (Lipinski definition) is 3. The van der Waals surface area contributed by atoms with Crippen LogP contribution in [0.3, 0.4) is 0 Å². The van der Waals surface area contributed by atoms with Gasteiger partial charge in [0, 0.05) is 5.56 Å². The third-order valence-corrected chi connectivity index (χ3v) is 2.45. The van der Waals surface area contributed by atoms with Crippen LogP contribution >= 0.6 is 11.6 Å². The van der Waals surface area contributed by atoms with Crippen LogP contribution in [-0.4, -0.2) is 10.1 Å². The first kappa shape index (κ1) is 10.5. The SMILES string of the molecule is N#Cc1ccc(-c2cc(O)cnc2Cl)cc1. The molecule has 2 aromatic rings. The van der Waals surface area contributed by atoms with Gasteiger partial charge in [0.2, 0.25) is 0 Å². The third-order valence-electron chi connectivity index (χ3n) is 2.15. The molecule has 0 radical (unpaired) electrons. The summed E-state index contributed by atoms with van der Waals surface area (Å²) in [6.07, 6.45) is 1.29. The quantitative estimate of drug-likeness (QED) is 0.767. The summed E-state index contributed by atoms with van der Waals surface area (Å²) in [5, 5.41) is 18.3. The van der Waals surface area contributed by atoms with Crippen LogP contribution in [0, 0.1) is 11.3 Å². The van der Waals surface area contributed by atoms with E-state index in [-0.39, 0.29) is 5.75 Å². The Balaban J connectivity index is 2.50. The minimum absolute atomic E-state index is 0.0590. The van der Waals surface area contributed by atoms with Crippen molar-refractivity contribution in [3.8, 4) is 22.9 Å². The Labute approximate surface area is 97.6 Å². The second kappa shape index (κ2) is 4.21. The van der Waals surface area contributed by atoms with Gasteiger partial charge in [0.05, 0.1) is 17.8 Å². The second-order valence-electron chi connectivity index (χ2n) is 3.22. The molecule has 4 heteroatoms. The van der Waals surface area contributed by atoms with Crippen LogP contribution in [0.1, 0.15) is 5.56 Å². The predicted molar refractivity (Wildman–Crippen MR) is 61.1 cm³/mol. The summed E-state index contributed by atoms with van der Waals surface area (Å²) in [5.74, 6) is 0.0590. The van der Waals surface area contributed by atoms with E-state index in [1.54, 1.807) is 24.3 Å². The number of nitriles is 1. The molecule has 16 heavy (non-hydrogen) atoms. The van der Waals surface area contributed by atoms with Crippen LogP contribution in [0.25, 0.3) is 11.1 Å². The van der Waals surface area contributed by atoms with Gasteiger partial charge in [-0.1, -0.05) is 23.7 Å². The van der Waals surface area contributed by atoms with Crippen LogP contribution in [0.5, 0.6) is 5.75 Å². The third kappa shape index (κ3) is 1.97.